The Labute approximate surface area is 91.2 Å². The molecule has 0 aliphatic heterocycles. The number of hydrogen-bond donors (Lipinski definition) is 1. The van der Waals surface area contributed by atoms with E-state index < -0.39 is 5.97 Å². The van der Waals surface area contributed by atoms with E-state index in [2.05, 4.69) is 4.74 Å². The fourth-order valence-corrected chi connectivity index (χ4v) is 1.51. The van der Waals surface area contributed by atoms with Gasteiger partial charge in [-0.25, -0.2) is 4.79 Å². The van der Waals surface area contributed by atoms with Gasteiger partial charge in [0.2, 0.25) is 0 Å². The highest BCUT2D eigenvalue weighted by atomic mass is 35.5. The fraction of sp³-hybridized carbons (Fsp3) is 0.222. The highest BCUT2D eigenvalue weighted by Crippen LogP contribution is 2.26. The van der Waals surface area contributed by atoms with Crippen LogP contribution in [0.3, 0.4) is 0 Å². The van der Waals surface area contributed by atoms with Gasteiger partial charge >= 0.3 is 5.97 Å². The summed E-state index contributed by atoms with van der Waals surface area (Å²) in [6, 6.07) is 2.89. The first-order chi connectivity index (χ1) is 6.60. The van der Waals surface area contributed by atoms with Gasteiger partial charge in [0.1, 0.15) is 0 Å². The lowest BCUT2D eigenvalue weighted by atomic mass is 10.1. The second-order valence-corrected chi connectivity index (χ2v) is 3.39. The minimum absolute atomic E-state index is 0.158. The molecule has 0 aliphatic rings. The Hall–Kier alpha value is -0.770. The number of esters is 1. The Morgan fingerprint density at radius 2 is 2.14 bits per heavy atom. The van der Waals surface area contributed by atoms with Crippen molar-refractivity contribution >= 4 is 29.2 Å². The van der Waals surface area contributed by atoms with Crippen molar-refractivity contribution in [2.75, 3.05) is 7.11 Å². The highest BCUT2D eigenvalue weighted by molar-refractivity contribution is 6.36. The quantitative estimate of drug-likeness (QED) is 0.799. The molecular formula is C9H8Cl2O3. The van der Waals surface area contributed by atoms with Crippen molar-refractivity contribution < 1.29 is 14.6 Å². The van der Waals surface area contributed by atoms with E-state index in [-0.39, 0.29) is 17.2 Å². The van der Waals surface area contributed by atoms with Crippen LogP contribution >= 0.6 is 23.2 Å². The maximum Gasteiger partial charge on any atom is 0.339 e. The molecule has 0 spiro atoms. The van der Waals surface area contributed by atoms with Crippen LogP contribution in [0.4, 0.5) is 0 Å². The van der Waals surface area contributed by atoms with E-state index in [0.717, 1.165) is 0 Å². The van der Waals surface area contributed by atoms with Gasteiger partial charge in [-0.1, -0.05) is 23.2 Å². The average Bonchev–Trinajstić information content (AvgIpc) is 2.19. The summed E-state index contributed by atoms with van der Waals surface area (Å²) in [7, 11) is 1.25. The van der Waals surface area contributed by atoms with Gasteiger partial charge in [-0.05, 0) is 17.7 Å². The van der Waals surface area contributed by atoms with Gasteiger partial charge < -0.3 is 9.84 Å². The average molecular weight is 235 g/mol. The second-order valence-electron chi connectivity index (χ2n) is 2.58. The summed E-state index contributed by atoms with van der Waals surface area (Å²) >= 11 is 11.6. The molecule has 0 atom stereocenters. The fourth-order valence-electron chi connectivity index (χ4n) is 1.02. The number of rotatable bonds is 2. The monoisotopic (exact) mass is 234 g/mol. The van der Waals surface area contributed by atoms with Crippen LogP contribution in [-0.2, 0) is 11.3 Å². The Kier molecular flexibility index (Phi) is 3.75. The van der Waals surface area contributed by atoms with Crippen molar-refractivity contribution in [1.29, 1.82) is 0 Å². The number of ether oxygens (including phenoxy) is 1. The summed E-state index contributed by atoms with van der Waals surface area (Å²) in [6.45, 7) is -0.274. The van der Waals surface area contributed by atoms with Gasteiger partial charge in [0.25, 0.3) is 0 Å². The number of carbonyl (C=O) groups excluding carboxylic acids is 1. The molecule has 0 saturated heterocycles. The molecule has 0 heterocycles. The molecule has 0 fully saturated rings. The highest BCUT2D eigenvalue weighted by Gasteiger charge is 2.14. The Morgan fingerprint density at radius 3 is 2.64 bits per heavy atom. The van der Waals surface area contributed by atoms with E-state index in [1.165, 1.54) is 19.2 Å². The van der Waals surface area contributed by atoms with Gasteiger partial charge in [0, 0.05) is 5.02 Å². The van der Waals surface area contributed by atoms with Crippen molar-refractivity contribution in [1.82, 2.24) is 0 Å². The number of carbonyl (C=O) groups is 1. The second kappa shape index (κ2) is 4.64. The molecule has 1 aromatic rings. The van der Waals surface area contributed by atoms with Gasteiger partial charge in [-0.3, -0.25) is 0 Å². The summed E-state index contributed by atoms with van der Waals surface area (Å²) < 4.78 is 4.51. The summed E-state index contributed by atoms with van der Waals surface area (Å²) in [5.41, 5.74) is 0.560. The molecule has 76 valence electrons. The lowest BCUT2D eigenvalue weighted by Gasteiger charge is -2.06. The maximum absolute atomic E-state index is 11.2. The number of aliphatic hydroxyl groups excluding tert-OH is 1. The van der Waals surface area contributed by atoms with Crippen LogP contribution in [-0.4, -0.2) is 18.2 Å². The number of benzene rings is 1. The van der Waals surface area contributed by atoms with Crippen LogP contribution in [0.2, 0.25) is 10.0 Å². The standard InChI is InChI=1S/C9H8Cl2O3/c1-14-9(13)7-3-6(10)2-5(4-12)8(7)11/h2-3,12H,4H2,1H3. The summed E-state index contributed by atoms with van der Waals surface area (Å²) in [4.78, 5) is 11.2. The first kappa shape index (κ1) is 11.3. The van der Waals surface area contributed by atoms with Gasteiger partial charge in [-0.15, -0.1) is 0 Å². The first-order valence-corrected chi connectivity index (χ1v) is 4.52. The van der Waals surface area contributed by atoms with Gasteiger partial charge in [0.05, 0.1) is 24.3 Å². The van der Waals surface area contributed by atoms with Crippen LogP contribution in [0.25, 0.3) is 0 Å². The Bertz CT molecular complexity index is 363. The lowest BCUT2D eigenvalue weighted by molar-refractivity contribution is 0.0600. The molecular weight excluding hydrogens is 227 g/mol. The molecule has 1 rings (SSSR count). The summed E-state index contributed by atoms with van der Waals surface area (Å²) in [5.74, 6) is -0.577. The van der Waals surface area contributed by atoms with E-state index >= 15 is 0 Å². The zero-order valence-corrected chi connectivity index (χ0v) is 8.89. The Balaban J connectivity index is 3.29. The van der Waals surface area contributed by atoms with Crippen LogP contribution < -0.4 is 0 Å². The van der Waals surface area contributed by atoms with Crippen LogP contribution in [0.1, 0.15) is 15.9 Å². The third-order valence-corrected chi connectivity index (χ3v) is 2.35. The normalized spacial score (nSPS) is 10.0. The van der Waals surface area contributed by atoms with Crippen molar-refractivity contribution in [3.8, 4) is 0 Å². The maximum atomic E-state index is 11.2. The lowest BCUT2D eigenvalue weighted by Crippen LogP contribution is -2.04. The predicted molar refractivity (Wildman–Crippen MR) is 53.7 cm³/mol. The van der Waals surface area contributed by atoms with Crippen LogP contribution in [0.5, 0.6) is 0 Å². The first-order valence-electron chi connectivity index (χ1n) is 3.77. The number of halogens is 2. The minimum Gasteiger partial charge on any atom is -0.465 e. The molecule has 0 aliphatic carbocycles. The molecule has 5 heteroatoms. The van der Waals surface area contributed by atoms with E-state index in [1.807, 2.05) is 0 Å². The molecule has 3 nitrogen and oxygen atoms in total. The predicted octanol–water partition coefficient (Wildman–Crippen LogP) is 2.27. The SMILES string of the molecule is COC(=O)c1cc(Cl)cc(CO)c1Cl. The van der Waals surface area contributed by atoms with E-state index in [0.29, 0.717) is 10.6 Å². The smallest absolute Gasteiger partial charge is 0.339 e. The number of methoxy groups -OCH3 is 1. The van der Waals surface area contributed by atoms with E-state index in [4.69, 9.17) is 28.3 Å². The van der Waals surface area contributed by atoms with E-state index in [1.54, 1.807) is 0 Å². The van der Waals surface area contributed by atoms with Crippen molar-refractivity contribution in [2.45, 2.75) is 6.61 Å². The molecule has 0 radical (unpaired) electrons. The molecule has 0 bridgehead atoms. The zero-order chi connectivity index (χ0) is 10.7. The minimum atomic E-state index is -0.577. The topological polar surface area (TPSA) is 46.5 Å². The molecule has 1 N–H and O–H groups in total. The largest absolute Gasteiger partial charge is 0.465 e. The van der Waals surface area contributed by atoms with Gasteiger partial charge in [0.15, 0.2) is 0 Å². The van der Waals surface area contributed by atoms with Crippen LogP contribution in [0.15, 0.2) is 12.1 Å². The molecule has 0 amide bonds. The van der Waals surface area contributed by atoms with Crippen molar-refractivity contribution in [3.63, 3.8) is 0 Å². The summed E-state index contributed by atoms with van der Waals surface area (Å²) in [6.07, 6.45) is 0. The zero-order valence-electron chi connectivity index (χ0n) is 7.38. The molecule has 14 heavy (non-hydrogen) atoms. The van der Waals surface area contributed by atoms with Crippen molar-refractivity contribution in [2.24, 2.45) is 0 Å². The third-order valence-electron chi connectivity index (χ3n) is 1.69. The van der Waals surface area contributed by atoms with Crippen molar-refractivity contribution in [3.05, 3.63) is 33.3 Å². The number of aliphatic hydroxyl groups is 1. The molecule has 0 saturated carbocycles. The van der Waals surface area contributed by atoms with Gasteiger partial charge in [-0.2, -0.15) is 0 Å². The third kappa shape index (κ3) is 2.18. The van der Waals surface area contributed by atoms with E-state index in [9.17, 15) is 4.79 Å². The molecule has 0 aromatic heterocycles. The number of hydrogen-bond acceptors (Lipinski definition) is 3. The van der Waals surface area contributed by atoms with Crippen LogP contribution in [0, 0.1) is 0 Å². The molecule has 0 unspecified atom stereocenters. The summed E-state index contributed by atoms with van der Waals surface area (Å²) in [5, 5.41) is 9.43. The molecule has 1 aromatic carbocycles. The Morgan fingerprint density at radius 1 is 1.50 bits per heavy atom.